The van der Waals surface area contributed by atoms with Gasteiger partial charge in [0.2, 0.25) is 0 Å². The number of nitrogens with zero attached hydrogens (tertiary/aromatic N) is 1. The first-order valence-electron chi connectivity index (χ1n) is 13.0. The van der Waals surface area contributed by atoms with Crippen LogP contribution in [0, 0.1) is 16.7 Å². The van der Waals surface area contributed by atoms with Crippen LogP contribution in [-0.4, -0.2) is 25.1 Å². The van der Waals surface area contributed by atoms with Gasteiger partial charge in [0.05, 0.1) is 5.92 Å². The maximum absolute atomic E-state index is 13.2. The van der Waals surface area contributed by atoms with Gasteiger partial charge in [0.25, 0.3) is 0 Å². The molecule has 3 heteroatoms. The molecule has 2 nitrogen and oxygen atoms in total. The third kappa shape index (κ3) is 4.41. The molecular weight excluding hydrogens is 430 g/mol. The van der Waals surface area contributed by atoms with Crippen molar-refractivity contribution in [2.75, 3.05) is 6.54 Å². The van der Waals surface area contributed by atoms with E-state index in [1.165, 1.54) is 27.0 Å². The third-order valence-corrected chi connectivity index (χ3v) is 14.5. The lowest BCUT2D eigenvalue weighted by Gasteiger charge is -2.38. The Hall–Kier alpha value is -2.57. The Kier molecular flexibility index (Phi) is 7.19. The van der Waals surface area contributed by atoms with E-state index in [1.54, 1.807) is 0 Å². The van der Waals surface area contributed by atoms with Crippen LogP contribution in [0.15, 0.2) is 60.2 Å². The first-order chi connectivity index (χ1) is 16.3. The van der Waals surface area contributed by atoms with Crippen LogP contribution in [0.4, 0.5) is 0 Å². The molecule has 2 aliphatic rings. The number of benzene rings is 2. The molecule has 2 aromatic carbocycles. The molecule has 1 aliphatic heterocycles. The Balaban J connectivity index is 1.84. The molecule has 1 aliphatic carbocycles. The lowest BCUT2D eigenvalue weighted by molar-refractivity contribution is -0.450. The molecule has 0 saturated heterocycles. The summed E-state index contributed by atoms with van der Waals surface area (Å²) in [6.45, 7) is 14.7. The smallest absolute Gasteiger partial charge is 0.192 e. The molecule has 0 fully saturated rings. The van der Waals surface area contributed by atoms with E-state index in [2.05, 4.69) is 102 Å². The number of hydrogen-bond acceptors (Lipinski definition) is 1. The number of allylic oxidation sites excluding steroid dienone is 2. The van der Waals surface area contributed by atoms with Gasteiger partial charge in [-0.05, 0) is 46.2 Å². The van der Waals surface area contributed by atoms with E-state index < -0.39 is 8.07 Å². The van der Waals surface area contributed by atoms with Crippen LogP contribution in [-0.2, 0) is 6.42 Å². The summed E-state index contributed by atoms with van der Waals surface area (Å²) in [4.78, 5) is 0. The molecule has 0 bridgehead atoms. The van der Waals surface area contributed by atoms with Crippen molar-refractivity contribution in [1.82, 2.24) is 0 Å². The normalized spacial score (nSPS) is 18.6. The van der Waals surface area contributed by atoms with Gasteiger partial charge >= 0.3 is 0 Å². The highest BCUT2D eigenvalue weighted by Crippen LogP contribution is 2.42. The van der Waals surface area contributed by atoms with Gasteiger partial charge in [0.1, 0.15) is 8.07 Å². The molecule has 2 aromatic rings. The molecule has 0 radical (unpaired) electrons. The van der Waals surface area contributed by atoms with Crippen molar-refractivity contribution < 1.29 is 4.74 Å². The molecule has 0 saturated carbocycles. The second-order valence-corrected chi connectivity index (χ2v) is 16.6. The predicted molar refractivity (Wildman–Crippen MR) is 148 cm³/mol. The maximum atomic E-state index is 13.2. The standard InChI is InChI=1S/C31H39NOSi/c1-22(2)34(23(3)4,24(5)6)19-18-29-28-15-11-10-14-26(28)16-17-30(29)31-20-27(21-32(31)33)25-12-8-7-9-13-25/h7-15,22-24,27H,16-17,20-21H2,1-6H3. The molecule has 0 amide bonds. The summed E-state index contributed by atoms with van der Waals surface area (Å²) in [7, 11) is -1.88. The van der Waals surface area contributed by atoms with Gasteiger partial charge in [-0.3, -0.25) is 0 Å². The zero-order valence-electron chi connectivity index (χ0n) is 21.7. The highest BCUT2D eigenvalue weighted by Gasteiger charge is 2.42. The highest BCUT2D eigenvalue weighted by atomic mass is 28.3. The minimum Gasteiger partial charge on any atom is -0.624 e. The number of hydrogen-bond donors (Lipinski definition) is 0. The SMILES string of the molecule is CC(C)[Si](C#CC1=C(C2=[N+]([O-])CC(c3ccccc3)C2)CCc2ccccc21)(C(C)C)C(C)C. The van der Waals surface area contributed by atoms with Crippen molar-refractivity contribution in [2.24, 2.45) is 0 Å². The van der Waals surface area contributed by atoms with Crippen LogP contribution < -0.4 is 0 Å². The average Bonchev–Trinajstić information content (AvgIpc) is 3.20. The largest absolute Gasteiger partial charge is 0.624 e. The van der Waals surface area contributed by atoms with Crippen LogP contribution in [0.1, 0.15) is 77.0 Å². The van der Waals surface area contributed by atoms with E-state index in [1.807, 2.05) is 6.07 Å². The number of rotatable bonds is 5. The summed E-state index contributed by atoms with van der Waals surface area (Å²) in [5.74, 6) is 4.02. The molecule has 4 rings (SSSR count). The Bertz CT molecular complexity index is 1140. The summed E-state index contributed by atoms with van der Waals surface area (Å²) in [6.07, 6.45) is 2.68. The molecule has 0 aromatic heterocycles. The van der Waals surface area contributed by atoms with Crippen molar-refractivity contribution in [2.45, 2.75) is 83.3 Å². The van der Waals surface area contributed by atoms with Gasteiger partial charge in [0, 0.05) is 17.6 Å². The van der Waals surface area contributed by atoms with Crippen LogP contribution in [0.3, 0.4) is 0 Å². The fourth-order valence-corrected chi connectivity index (χ4v) is 11.7. The predicted octanol–water partition coefficient (Wildman–Crippen LogP) is 7.75. The monoisotopic (exact) mass is 469 g/mol. The second kappa shape index (κ2) is 9.96. The second-order valence-electron chi connectivity index (χ2n) is 11.0. The van der Waals surface area contributed by atoms with Crippen molar-refractivity contribution in [3.05, 3.63) is 82.1 Å². The van der Waals surface area contributed by atoms with Gasteiger partial charge in [-0.25, -0.2) is 4.74 Å². The highest BCUT2D eigenvalue weighted by molar-refractivity contribution is 6.90. The molecule has 178 valence electrons. The van der Waals surface area contributed by atoms with Gasteiger partial charge in [-0.2, -0.15) is 0 Å². The maximum Gasteiger partial charge on any atom is 0.192 e. The summed E-state index contributed by atoms with van der Waals surface area (Å²) >= 11 is 0. The number of fused-ring (bicyclic) bond motifs is 1. The molecule has 1 atom stereocenters. The quantitative estimate of drug-likeness (QED) is 0.190. The Labute approximate surface area is 207 Å². The van der Waals surface area contributed by atoms with Gasteiger partial charge in [0.15, 0.2) is 12.3 Å². The summed E-state index contributed by atoms with van der Waals surface area (Å²) < 4.78 is 1.26. The van der Waals surface area contributed by atoms with E-state index in [0.29, 0.717) is 23.2 Å². The summed E-state index contributed by atoms with van der Waals surface area (Å²) in [5, 5.41) is 13.2. The first kappa shape index (κ1) is 24.5. The Morgan fingerprint density at radius 1 is 0.853 bits per heavy atom. The number of aryl methyl sites for hydroxylation is 1. The third-order valence-electron chi connectivity index (χ3n) is 8.25. The molecule has 1 unspecified atom stereocenters. The van der Waals surface area contributed by atoms with Gasteiger partial charge in [-0.15, -0.1) is 5.54 Å². The first-order valence-corrected chi connectivity index (χ1v) is 15.2. The van der Waals surface area contributed by atoms with Crippen LogP contribution in [0.25, 0.3) is 5.57 Å². The van der Waals surface area contributed by atoms with Crippen molar-refractivity contribution >= 4 is 19.4 Å². The Morgan fingerprint density at radius 2 is 1.47 bits per heavy atom. The molecule has 34 heavy (non-hydrogen) atoms. The Morgan fingerprint density at radius 3 is 2.12 bits per heavy atom. The van der Waals surface area contributed by atoms with Crippen molar-refractivity contribution in [3.63, 3.8) is 0 Å². The molecule has 0 N–H and O–H groups in total. The molecular formula is C31H39NOSi. The lowest BCUT2D eigenvalue weighted by atomic mass is 9.82. The minimum absolute atomic E-state index is 0.253. The van der Waals surface area contributed by atoms with E-state index in [4.69, 9.17) is 0 Å². The zero-order chi connectivity index (χ0) is 24.5. The minimum atomic E-state index is -1.88. The fraction of sp³-hybridized carbons (Fsp3) is 0.452. The van der Waals surface area contributed by atoms with Gasteiger partial charge < -0.3 is 5.21 Å². The zero-order valence-corrected chi connectivity index (χ0v) is 22.7. The average molecular weight is 470 g/mol. The van der Waals surface area contributed by atoms with Crippen LogP contribution in [0.5, 0.6) is 0 Å². The van der Waals surface area contributed by atoms with Gasteiger partial charge in [-0.1, -0.05) is 102 Å². The van der Waals surface area contributed by atoms with Crippen molar-refractivity contribution in [1.29, 1.82) is 0 Å². The summed E-state index contributed by atoms with van der Waals surface area (Å²) in [6, 6.07) is 19.2. The van der Waals surface area contributed by atoms with E-state index in [9.17, 15) is 5.21 Å². The van der Waals surface area contributed by atoms with Crippen LogP contribution in [0.2, 0.25) is 16.6 Å². The molecule has 1 heterocycles. The van der Waals surface area contributed by atoms with Crippen LogP contribution >= 0.6 is 0 Å². The molecule has 0 spiro atoms. The van der Waals surface area contributed by atoms with E-state index in [0.717, 1.165) is 30.5 Å². The lowest BCUT2D eigenvalue weighted by Crippen LogP contribution is -2.43. The van der Waals surface area contributed by atoms with E-state index >= 15 is 0 Å². The fourth-order valence-electron chi connectivity index (χ4n) is 6.50. The topological polar surface area (TPSA) is 26.1 Å². The van der Waals surface area contributed by atoms with E-state index in [-0.39, 0.29) is 5.92 Å². The van der Waals surface area contributed by atoms with Crippen molar-refractivity contribution in [3.8, 4) is 11.5 Å². The summed E-state index contributed by atoms with van der Waals surface area (Å²) in [5.41, 5.74) is 12.8. The number of hydroxylamine groups is 1.